The first-order valence-corrected chi connectivity index (χ1v) is 11.0. The summed E-state index contributed by atoms with van der Waals surface area (Å²) in [5.74, 6) is 1.29. The third-order valence-electron chi connectivity index (χ3n) is 4.94. The number of benzene rings is 1. The Morgan fingerprint density at radius 1 is 1.11 bits per heavy atom. The van der Waals surface area contributed by atoms with Crippen molar-refractivity contribution in [2.75, 3.05) is 44.3 Å². The zero-order valence-corrected chi connectivity index (χ0v) is 16.4. The van der Waals surface area contributed by atoms with Crippen LogP contribution in [0.25, 0.3) is 0 Å². The Morgan fingerprint density at radius 3 is 2.68 bits per heavy atom. The fraction of sp³-hybridized carbons (Fsp3) is 0.474. The molecule has 2 aromatic rings. The van der Waals surface area contributed by atoms with Gasteiger partial charge in [-0.05, 0) is 12.0 Å². The normalized spacial score (nSPS) is 21.0. The standard InChI is InChI=1S/C19H24N4O4S/c24-28(25,14-16-4-2-1-3-5-16)23-7-6-17(13-23)27-19-12-18(20-15-21-19)22-8-10-26-11-9-22/h1-5,12,15,17H,6-11,13-14H2. The van der Waals surface area contributed by atoms with E-state index in [2.05, 4.69) is 14.9 Å². The van der Waals surface area contributed by atoms with Crippen molar-refractivity contribution in [1.82, 2.24) is 14.3 Å². The number of aromatic nitrogens is 2. The van der Waals surface area contributed by atoms with Crippen LogP contribution in [0.1, 0.15) is 12.0 Å². The van der Waals surface area contributed by atoms with Gasteiger partial charge in [-0.2, -0.15) is 4.31 Å². The Labute approximate surface area is 165 Å². The summed E-state index contributed by atoms with van der Waals surface area (Å²) < 4.78 is 38.2. The molecule has 9 heteroatoms. The summed E-state index contributed by atoms with van der Waals surface area (Å²) >= 11 is 0. The molecule has 8 nitrogen and oxygen atoms in total. The first kappa shape index (κ1) is 19.1. The van der Waals surface area contributed by atoms with Crippen molar-refractivity contribution in [2.24, 2.45) is 0 Å². The Balaban J connectivity index is 1.37. The maximum Gasteiger partial charge on any atom is 0.218 e. The third kappa shape index (κ3) is 4.60. The Kier molecular flexibility index (Phi) is 5.74. The SMILES string of the molecule is O=S(=O)(Cc1ccccc1)N1CCC(Oc2cc(N3CCOCC3)ncn2)C1. The summed E-state index contributed by atoms with van der Waals surface area (Å²) in [7, 11) is -3.37. The van der Waals surface area contributed by atoms with Crippen LogP contribution in [0.4, 0.5) is 5.82 Å². The summed E-state index contributed by atoms with van der Waals surface area (Å²) in [5, 5.41) is 0. The molecule has 2 aliphatic heterocycles. The number of hydrogen-bond acceptors (Lipinski definition) is 7. The van der Waals surface area contributed by atoms with Crippen LogP contribution in [0.2, 0.25) is 0 Å². The first-order valence-electron chi connectivity index (χ1n) is 9.43. The molecule has 0 radical (unpaired) electrons. The van der Waals surface area contributed by atoms with E-state index in [1.165, 1.54) is 10.6 Å². The van der Waals surface area contributed by atoms with Gasteiger partial charge in [0.2, 0.25) is 15.9 Å². The molecular formula is C19H24N4O4S. The summed E-state index contributed by atoms with van der Waals surface area (Å²) in [6.07, 6.45) is 1.92. The van der Waals surface area contributed by atoms with E-state index in [9.17, 15) is 8.42 Å². The largest absolute Gasteiger partial charge is 0.473 e. The van der Waals surface area contributed by atoms with E-state index in [1.54, 1.807) is 0 Å². The first-order chi connectivity index (χ1) is 13.6. The quantitative estimate of drug-likeness (QED) is 0.717. The molecule has 0 saturated carbocycles. The van der Waals surface area contributed by atoms with Crippen molar-refractivity contribution in [1.29, 1.82) is 0 Å². The van der Waals surface area contributed by atoms with E-state index in [-0.39, 0.29) is 11.9 Å². The van der Waals surface area contributed by atoms with Gasteiger partial charge in [0, 0.05) is 25.7 Å². The molecule has 2 aliphatic rings. The number of rotatable bonds is 6. The predicted octanol–water partition coefficient (Wildman–Crippen LogP) is 1.30. The second kappa shape index (κ2) is 8.42. The molecule has 28 heavy (non-hydrogen) atoms. The summed E-state index contributed by atoms with van der Waals surface area (Å²) in [6, 6.07) is 11.0. The predicted molar refractivity (Wildman–Crippen MR) is 105 cm³/mol. The van der Waals surface area contributed by atoms with Crippen LogP contribution >= 0.6 is 0 Å². The molecule has 1 atom stereocenters. The van der Waals surface area contributed by atoms with Crippen molar-refractivity contribution < 1.29 is 17.9 Å². The van der Waals surface area contributed by atoms with Crippen LogP contribution in [0.5, 0.6) is 5.88 Å². The van der Waals surface area contributed by atoms with Crippen molar-refractivity contribution in [3.63, 3.8) is 0 Å². The second-order valence-corrected chi connectivity index (χ2v) is 8.91. The zero-order chi connectivity index (χ0) is 19.4. The molecule has 2 saturated heterocycles. The summed E-state index contributed by atoms with van der Waals surface area (Å²) in [5.41, 5.74) is 0.790. The van der Waals surface area contributed by atoms with E-state index in [4.69, 9.17) is 9.47 Å². The highest BCUT2D eigenvalue weighted by Gasteiger charge is 2.33. The minimum Gasteiger partial charge on any atom is -0.473 e. The van der Waals surface area contributed by atoms with Gasteiger partial charge in [0.15, 0.2) is 0 Å². The number of ether oxygens (including phenoxy) is 2. The fourth-order valence-corrected chi connectivity index (χ4v) is 5.03. The molecule has 4 rings (SSSR count). The van der Waals surface area contributed by atoms with Crippen molar-refractivity contribution in [3.05, 3.63) is 48.3 Å². The van der Waals surface area contributed by atoms with E-state index in [0.29, 0.717) is 38.6 Å². The highest BCUT2D eigenvalue weighted by Crippen LogP contribution is 2.23. The lowest BCUT2D eigenvalue weighted by molar-refractivity contribution is 0.122. The maximum absolute atomic E-state index is 12.7. The molecule has 0 spiro atoms. The van der Waals surface area contributed by atoms with Gasteiger partial charge < -0.3 is 14.4 Å². The van der Waals surface area contributed by atoms with E-state index < -0.39 is 10.0 Å². The highest BCUT2D eigenvalue weighted by atomic mass is 32.2. The topological polar surface area (TPSA) is 84.9 Å². The molecule has 2 fully saturated rings. The molecule has 0 bridgehead atoms. The van der Waals surface area contributed by atoms with Gasteiger partial charge in [0.05, 0.1) is 25.5 Å². The molecular weight excluding hydrogens is 380 g/mol. The van der Waals surface area contributed by atoms with Gasteiger partial charge in [0.1, 0.15) is 18.2 Å². The average Bonchev–Trinajstić information content (AvgIpc) is 3.19. The summed E-state index contributed by atoms with van der Waals surface area (Å²) in [6.45, 7) is 3.72. The molecule has 1 aromatic heterocycles. The van der Waals surface area contributed by atoms with Crippen LogP contribution < -0.4 is 9.64 Å². The number of anilines is 1. The lowest BCUT2D eigenvalue weighted by Gasteiger charge is -2.27. The number of nitrogens with zero attached hydrogens (tertiary/aromatic N) is 4. The highest BCUT2D eigenvalue weighted by molar-refractivity contribution is 7.88. The molecule has 150 valence electrons. The maximum atomic E-state index is 12.7. The van der Waals surface area contributed by atoms with E-state index >= 15 is 0 Å². The van der Waals surface area contributed by atoms with Crippen molar-refractivity contribution in [2.45, 2.75) is 18.3 Å². The van der Waals surface area contributed by atoms with E-state index in [1.807, 2.05) is 36.4 Å². The minimum absolute atomic E-state index is 0.00917. The Bertz CT molecular complexity index is 888. The number of sulfonamides is 1. The van der Waals surface area contributed by atoms with Crippen LogP contribution in [0, 0.1) is 0 Å². The van der Waals surface area contributed by atoms with Gasteiger partial charge in [0.25, 0.3) is 0 Å². The van der Waals surface area contributed by atoms with E-state index in [0.717, 1.165) is 24.5 Å². The Morgan fingerprint density at radius 2 is 1.89 bits per heavy atom. The molecule has 0 amide bonds. The van der Waals surface area contributed by atoms with Crippen LogP contribution in [-0.2, 0) is 20.5 Å². The van der Waals surface area contributed by atoms with Gasteiger partial charge in [-0.3, -0.25) is 0 Å². The monoisotopic (exact) mass is 404 g/mol. The Hall–Kier alpha value is -2.23. The fourth-order valence-electron chi connectivity index (χ4n) is 3.45. The van der Waals surface area contributed by atoms with Gasteiger partial charge in [-0.1, -0.05) is 30.3 Å². The third-order valence-corrected chi connectivity index (χ3v) is 6.76. The average molecular weight is 404 g/mol. The lowest BCUT2D eigenvalue weighted by Crippen LogP contribution is -2.36. The van der Waals surface area contributed by atoms with Crippen molar-refractivity contribution >= 4 is 15.8 Å². The zero-order valence-electron chi connectivity index (χ0n) is 15.6. The molecule has 1 unspecified atom stereocenters. The van der Waals surface area contributed by atoms with Crippen molar-refractivity contribution in [3.8, 4) is 5.88 Å². The molecule has 3 heterocycles. The summed E-state index contributed by atoms with van der Waals surface area (Å²) in [4.78, 5) is 10.6. The second-order valence-electron chi connectivity index (χ2n) is 6.94. The smallest absolute Gasteiger partial charge is 0.218 e. The van der Waals surface area contributed by atoms with Crippen LogP contribution in [0.15, 0.2) is 42.7 Å². The van der Waals surface area contributed by atoms with Gasteiger partial charge in [-0.15, -0.1) is 0 Å². The van der Waals surface area contributed by atoms with Crippen LogP contribution in [0.3, 0.4) is 0 Å². The number of morpholine rings is 1. The molecule has 1 aromatic carbocycles. The van der Waals surface area contributed by atoms with Crippen LogP contribution in [-0.4, -0.2) is 68.2 Å². The minimum atomic E-state index is -3.37. The lowest BCUT2D eigenvalue weighted by atomic mass is 10.2. The van der Waals surface area contributed by atoms with Gasteiger partial charge >= 0.3 is 0 Å². The number of hydrogen-bond donors (Lipinski definition) is 0. The molecule has 0 N–H and O–H groups in total. The van der Waals surface area contributed by atoms with Gasteiger partial charge in [-0.25, -0.2) is 18.4 Å². The molecule has 0 aliphatic carbocycles.